The summed E-state index contributed by atoms with van der Waals surface area (Å²) in [5, 5.41) is 9.53. The van der Waals surface area contributed by atoms with Gasteiger partial charge in [0, 0.05) is 30.7 Å². The summed E-state index contributed by atoms with van der Waals surface area (Å²) in [5.74, 6) is 0.877. The number of carbonyl (C=O) groups is 2. The molecule has 0 spiro atoms. The molecule has 1 unspecified atom stereocenters. The fourth-order valence-electron chi connectivity index (χ4n) is 4.32. The highest BCUT2D eigenvalue weighted by molar-refractivity contribution is 6.34. The third kappa shape index (κ3) is 6.68. The van der Waals surface area contributed by atoms with Crippen molar-refractivity contribution in [3.8, 4) is 11.5 Å². The molecule has 10 heteroatoms. The first kappa shape index (κ1) is 27.9. The highest BCUT2D eigenvalue weighted by Crippen LogP contribution is 2.35. The first-order valence-corrected chi connectivity index (χ1v) is 12.8. The molecular formula is C29H31ClN4O5. The summed E-state index contributed by atoms with van der Waals surface area (Å²) < 4.78 is 15.8. The van der Waals surface area contributed by atoms with E-state index in [9.17, 15) is 9.59 Å². The molecule has 4 rings (SSSR count). The minimum Gasteiger partial charge on any atom is -0.497 e. The molecular weight excluding hydrogens is 520 g/mol. The van der Waals surface area contributed by atoms with Gasteiger partial charge in [0.25, 0.3) is 5.91 Å². The van der Waals surface area contributed by atoms with Gasteiger partial charge in [-0.15, -0.1) is 0 Å². The Morgan fingerprint density at radius 3 is 2.41 bits per heavy atom. The van der Waals surface area contributed by atoms with Gasteiger partial charge in [-0.3, -0.25) is 4.79 Å². The second-order valence-corrected chi connectivity index (χ2v) is 9.21. The van der Waals surface area contributed by atoms with Crippen molar-refractivity contribution < 1.29 is 23.8 Å². The maximum Gasteiger partial charge on any atom is 0.322 e. The summed E-state index contributed by atoms with van der Waals surface area (Å²) in [6.07, 6.45) is 0.466. The van der Waals surface area contributed by atoms with Crippen LogP contribution in [0.4, 0.5) is 10.5 Å². The molecule has 0 radical (unpaired) electrons. The van der Waals surface area contributed by atoms with E-state index in [-0.39, 0.29) is 31.6 Å². The number of amides is 3. The minimum absolute atomic E-state index is 0.200. The van der Waals surface area contributed by atoms with E-state index in [1.165, 1.54) is 17.0 Å². The van der Waals surface area contributed by atoms with E-state index in [1.54, 1.807) is 38.5 Å². The lowest BCUT2D eigenvalue weighted by molar-refractivity contribution is -0.133. The monoisotopic (exact) mass is 550 g/mol. The number of rotatable bonds is 10. The Kier molecular flexibility index (Phi) is 9.40. The molecule has 0 aliphatic carbocycles. The lowest BCUT2D eigenvalue weighted by Crippen LogP contribution is -2.44. The summed E-state index contributed by atoms with van der Waals surface area (Å²) >= 11 is 6.46. The Labute approximate surface area is 232 Å². The smallest absolute Gasteiger partial charge is 0.322 e. The lowest BCUT2D eigenvalue weighted by Gasteiger charge is -2.27. The molecule has 1 aliphatic rings. The number of hydrogen-bond donors (Lipinski definition) is 1. The van der Waals surface area contributed by atoms with Gasteiger partial charge in [0.05, 0.1) is 38.3 Å². The second kappa shape index (κ2) is 13.1. The van der Waals surface area contributed by atoms with Crippen LogP contribution in [-0.4, -0.2) is 68.6 Å². The molecule has 3 amide bonds. The van der Waals surface area contributed by atoms with E-state index in [0.717, 1.165) is 11.1 Å². The Morgan fingerprint density at radius 1 is 1.00 bits per heavy atom. The SMILES string of the molecule is COCCN(CC(=O)N1N=C(c2ccccc2Cl)CC1c1ccc(OC)cc1)C(=O)Nc1ccccc1OC. The Hall–Kier alpha value is -4.08. The number of methoxy groups -OCH3 is 3. The molecule has 0 saturated carbocycles. The van der Waals surface area contributed by atoms with Crippen LogP contribution in [-0.2, 0) is 9.53 Å². The van der Waals surface area contributed by atoms with E-state index < -0.39 is 6.03 Å². The van der Waals surface area contributed by atoms with Crippen molar-refractivity contribution in [2.24, 2.45) is 5.10 Å². The van der Waals surface area contributed by atoms with Gasteiger partial charge in [-0.2, -0.15) is 5.10 Å². The Bertz CT molecular complexity index is 1330. The van der Waals surface area contributed by atoms with Crippen molar-refractivity contribution >= 4 is 34.9 Å². The van der Waals surface area contributed by atoms with Crippen LogP contribution in [0.15, 0.2) is 77.9 Å². The molecule has 0 bridgehead atoms. The third-order valence-electron chi connectivity index (χ3n) is 6.38. The van der Waals surface area contributed by atoms with E-state index in [1.807, 2.05) is 48.5 Å². The first-order chi connectivity index (χ1) is 18.9. The molecule has 9 nitrogen and oxygen atoms in total. The highest BCUT2D eigenvalue weighted by atomic mass is 35.5. The number of hydrazone groups is 1. The summed E-state index contributed by atoms with van der Waals surface area (Å²) in [6.45, 7) is 0.240. The van der Waals surface area contributed by atoms with E-state index in [0.29, 0.717) is 34.3 Å². The standard InChI is InChI=1S/C29H31ClN4O5/c1-37-17-16-33(29(36)31-24-10-6-7-11-27(24)39-3)19-28(35)34-26(20-12-14-21(38-2)15-13-20)18-25(32-34)22-8-4-5-9-23(22)30/h4-15,26H,16-19H2,1-3H3,(H,31,36). The third-order valence-corrected chi connectivity index (χ3v) is 6.71. The van der Waals surface area contributed by atoms with Crippen LogP contribution >= 0.6 is 11.6 Å². The van der Waals surface area contributed by atoms with Crippen molar-refractivity contribution in [3.63, 3.8) is 0 Å². The van der Waals surface area contributed by atoms with E-state index >= 15 is 0 Å². The zero-order valence-electron chi connectivity index (χ0n) is 22.1. The molecule has 1 N–H and O–H groups in total. The number of anilines is 1. The molecule has 3 aromatic rings. The number of benzene rings is 3. The zero-order valence-corrected chi connectivity index (χ0v) is 22.9. The number of nitrogens with one attached hydrogen (secondary N) is 1. The zero-order chi connectivity index (χ0) is 27.8. The van der Waals surface area contributed by atoms with Gasteiger partial charge in [-0.25, -0.2) is 9.80 Å². The van der Waals surface area contributed by atoms with E-state index in [2.05, 4.69) is 5.32 Å². The highest BCUT2D eigenvalue weighted by Gasteiger charge is 2.35. The molecule has 0 saturated heterocycles. The number of para-hydroxylation sites is 2. The van der Waals surface area contributed by atoms with Crippen LogP contribution in [0.3, 0.4) is 0 Å². The van der Waals surface area contributed by atoms with Crippen molar-refractivity contribution in [1.82, 2.24) is 9.91 Å². The second-order valence-electron chi connectivity index (χ2n) is 8.80. The van der Waals surface area contributed by atoms with Crippen molar-refractivity contribution in [1.29, 1.82) is 0 Å². The van der Waals surface area contributed by atoms with Crippen molar-refractivity contribution in [2.75, 3.05) is 46.3 Å². The largest absolute Gasteiger partial charge is 0.497 e. The van der Waals surface area contributed by atoms with Gasteiger partial charge in [0.2, 0.25) is 0 Å². The van der Waals surface area contributed by atoms with Gasteiger partial charge >= 0.3 is 6.03 Å². The number of hydrogen-bond acceptors (Lipinski definition) is 6. The fourth-order valence-corrected chi connectivity index (χ4v) is 4.56. The molecule has 204 valence electrons. The average Bonchev–Trinajstić information content (AvgIpc) is 3.41. The maximum atomic E-state index is 13.7. The summed E-state index contributed by atoms with van der Waals surface area (Å²) in [7, 11) is 4.67. The van der Waals surface area contributed by atoms with Gasteiger partial charge < -0.3 is 24.4 Å². The number of nitrogens with zero attached hydrogens (tertiary/aromatic N) is 3. The predicted molar refractivity (Wildman–Crippen MR) is 151 cm³/mol. The molecule has 1 aliphatic heterocycles. The molecule has 1 heterocycles. The van der Waals surface area contributed by atoms with Crippen LogP contribution < -0.4 is 14.8 Å². The van der Waals surface area contributed by atoms with Gasteiger partial charge in [0.15, 0.2) is 0 Å². The number of halogens is 1. The fraction of sp³-hybridized carbons (Fsp3) is 0.276. The first-order valence-electron chi connectivity index (χ1n) is 12.4. The van der Waals surface area contributed by atoms with Crippen LogP contribution in [0.5, 0.6) is 11.5 Å². The molecule has 0 aromatic heterocycles. The molecule has 1 atom stereocenters. The number of ether oxygens (including phenoxy) is 3. The summed E-state index contributed by atoms with van der Waals surface area (Å²) in [4.78, 5) is 28.4. The summed E-state index contributed by atoms with van der Waals surface area (Å²) in [5.41, 5.74) is 2.84. The van der Waals surface area contributed by atoms with Crippen molar-refractivity contribution in [2.45, 2.75) is 12.5 Å². The Balaban J connectivity index is 1.60. The molecule has 39 heavy (non-hydrogen) atoms. The van der Waals surface area contributed by atoms with E-state index in [4.69, 9.17) is 30.9 Å². The predicted octanol–water partition coefficient (Wildman–Crippen LogP) is 5.22. The normalized spacial score (nSPS) is 14.5. The Morgan fingerprint density at radius 2 is 1.72 bits per heavy atom. The topological polar surface area (TPSA) is 92.7 Å². The van der Waals surface area contributed by atoms with Crippen LogP contribution in [0.25, 0.3) is 0 Å². The average molecular weight is 551 g/mol. The molecule has 0 fully saturated rings. The maximum absolute atomic E-state index is 13.7. The van der Waals surface area contributed by atoms with Gasteiger partial charge in [-0.1, -0.05) is 54.1 Å². The number of urea groups is 1. The quantitative estimate of drug-likeness (QED) is 0.374. The van der Waals surface area contributed by atoms with Gasteiger partial charge in [0.1, 0.15) is 18.0 Å². The number of carbonyl (C=O) groups excluding carboxylic acids is 2. The van der Waals surface area contributed by atoms with Crippen LogP contribution in [0.2, 0.25) is 5.02 Å². The van der Waals surface area contributed by atoms with Gasteiger partial charge in [-0.05, 0) is 35.9 Å². The lowest BCUT2D eigenvalue weighted by atomic mass is 9.98. The van der Waals surface area contributed by atoms with Crippen LogP contribution in [0, 0.1) is 0 Å². The minimum atomic E-state index is -0.458. The summed E-state index contributed by atoms with van der Waals surface area (Å²) in [6, 6.07) is 21.1. The molecule has 3 aromatic carbocycles. The van der Waals surface area contributed by atoms with Crippen LogP contribution in [0.1, 0.15) is 23.6 Å². The van der Waals surface area contributed by atoms with Crippen molar-refractivity contribution in [3.05, 3.63) is 88.9 Å².